The van der Waals surface area contributed by atoms with Gasteiger partial charge in [-0.15, -0.1) is 0 Å². The predicted octanol–water partition coefficient (Wildman–Crippen LogP) is 3.27. The summed E-state index contributed by atoms with van der Waals surface area (Å²) in [6, 6.07) is 8.23. The molecular formula is C14H15BrN2O3S. The standard InChI is InChI=1S/C14H15BrN2O3S/c1-10-9-14(20-16-10)13-3-2-8-17(13)21(18,19)12-6-4-11(15)5-7-12/h4-7,9,13H,2-3,8H2,1H3/t13-/m0/s1. The molecule has 0 unspecified atom stereocenters. The smallest absolute Gasteiger partial charge is 0.243 e. The molecular weight excluding hydrogens is 356 g/mol. The fraction of sp³-hybridized carbons (Fsp3) is 0.357. The van der Waals surface area contributed by atoms with Crippen LogP contribution in [0.15, 0.2) is 44.2 Å². The second-order valence-corrected chi connectivity index (χ2v) is 7.90. The van der Waals surface area contributed by atoms with Crippen molar-refractivity contribution in [3.8, 4) is 0 Å². The summed E-state index contributed by atoms with van der Waals surface area (Å²) in [6.45, 7) is 2.33. The van der Waals surface area contributed by atoms with Gasteiger partial charge in [0.1, 0.15) is 0 Å². The lowest BCUT2D eigenvalue weighted by atomic mass is 10.2. The first kappa shape index (κ1) is 14.7. The van der Waals surface area contributed by atoms with Crippen LogP contribution in [0, 0.1) is 6.92 Å². The summed E-state index contributed by atoms with van der Waals surface area (Å²) in [5.74, 6) is 0.616. The molecule has 0 amide bonds. The van der Waals surface area contributed by atoms with Crippen molar-refractivity contribution >= 4 is 26.0 Å². The van der Waals surface area contributed by atoms with Gasteiger partial charge in [-0.25, -0.2) is 8.42 Å². The number of nitrogens with zero attached hydrogens (tertiary/aromatic N) is 2. The predicted molar refractivity (Wildman–Crippen MR) is 81.2 cm³/mol. The number of halogens is 1. The first-order valence-electron chi connectivity index (χ1n) is 6.69. The van der Waals surface area contributed by atoms with E-state index in [9.17, 15) is 8.42 Å². The second kappa shape index (κ2) is 5.55. The molecule has 7 heteroatoms. The van der Waals surface area contributed by atoms with Gasteiger partial charge >= 0.3 is 0 Å². The molecule has 2 aromatic rings. The third-order valence-corrected chi connectivity index (χ3v) is 6.05. The molecule has 0 N–H and O–H groups in total. The summed E-state index contributed by atoms with van der Waals surface area (Å²) in [6.07, 6.45) is 1.57. The Bertz CT molecular complexity index is 740. The summed E-state index contributed by atoms with van der Waals surface area (Å²) in [5.41, 5.74) is 0.762. The Labute approximate surface area is 132 Å². The van der Waals surface area contributed by atoms with Crippen LogP contribution in [0.4, 0.5) is 0 Å². The lowest BCUT2D eigenvalue weighted by Crippen LogP contribution is -2.30. The molecule has 1 saturated heterocycles. The summed E-state index contributed by atoms with van der Waals surface area (Å²) in [5, 5.41) is 3.86. The van der Waals surface area contributed by atoms with Crippen molar-refractivity contribution in [1.82, 2.24) is 9.46 Å². The first-order valence-corrected chi connectivity index (χ1v) is 8.92. The van der Waals surface area contributed by atoms with Crippen molar-refractivity contribution in [2.24, 2.45) is 0 Å². The van der Waals surface area contributed by atoms with Crippen molar-refractivity contribution in [3.63, 3.8) is 0 Å². The summed E-state index contributed by atoms with van der Waals surface area (Å²) < 4.78 is 33.2. The van der Waals surface area contributed by atoms with Gasteiger partial charge in [0.2, 0.25) is 10.0 Å². The van der Waals surface area contributed by atoms with Gasteiger partial charge in [0.25, 0.3) is 0 Å². The lowest BCUT2D eigenvalue weighted by molar-refractivity contribution is 0.297. The molecule has 2 heterocycles. The monoisotopic (exact) mass is 370 g/mol. The molecule has 0 aliphatic carbocycles. The van der Waals surface area contributed by atoms with E-state index < -0.39 is 10.0 Å². The zero-order valence-corrected chi connectivity index (χ0v) is 13.9. The number of aromatic nitrogens is 1. The molecule has 1 atom stereocenters. The molecule has 1 aliphatic heterocycles. The fourth-order valence-corrected chi connectivity index (χ4v) is 4.52. The highest BCUT2D eigenvalue weighted by molar-refractivity contribution is 9.10. The number of benzene rings is 1. The Balaban J connectivity index is 1.96. The Morgan fingerprint density at radius 2 is 2.05 bits per heavy atom. The normalized spacial score (nSPS) is 20.0. The summed E-state index contributed by atoms with van der Waals surface area (Å²) in [7, 11) is -3.52. The molecule has 1 fully saturated rings. The van der Waals surface area contributed by atoms with Gasteiger partial charge in [0.15, 0.2) is 5.76 Å². The van der Waals surface area contributed by atoms with Crippen molar-refractivity contribution in [1.29, 1.82) is 0 Å². The number of aryl methyl sites for hydroxylation is 1. The third kappa shape index (κ3) is 2.77. The van der Waals surface area contributed by atoms with Crippen molar-refractivity contribution in [3.05, 3.63) is 46.3 Å². The van der Waals surface area contributed by atoms with Crippen LogP contribution >= 0.6 is 15.9 Å². The number of rotatable bonds is 3. The SMILES string of the molecule is Cc1cc([C@@H]2CCCN2S(=O)(=O)c2ccc(Br)cc2)on1. The second-order valence-electron chi connectivity index (χ2n) is 5.10. The molecule has 1 aliphatic rings. The number of hydrogen-bond donors (Lipinski definition) is 0. The molecule has 1 aromatic carbocycles. The van der Waals surface area contributed by atoms with Crippen LogP contribution in [0.25, 0.3) is 0 Å². The van der Waals surface area contributed by atoms with Gasteiger partial charge in [0, 0.05) is 17.1 Å². The Morgan fingerprint density at radius 3 is 2.67 bits per heavy atom. The minimum absolute atomic E-state index is 0.264. The van der Waals surface area contributed by atoms with Crippen LogP contribution in [-0.2, 0) is 10.0 Å². The van der Waals surface area contributed by atoms with Gasteiger partial charge < -0.3 is 4.52 Å². The van der Waals surface area contributed by atoms with Gasteiger partial charge in [0.05, 0.1) is 16.6 Å². The number of hydrogen-bond acceptors (Lipinski definition) is 4. The van der Waals surface area contributed by atoms with E-state index in [0.717, 1.165) is 23.0 Å². The maximum atomic E-state index is 12.8. The molecule has 0 bridgehead atoms. The summed E-state index contributed by atoms with van der Waals surface area (Å²) in [4.78, 5) is 0.300. The molecule has 0 radical (unpaired) electrons. The maximum Gasteiger partial charge on any atom is 0.243 e. The average molecular weight is 371 g/mol. The van der Waals surface area contributed by atoms with Gasteiger partial charge in [-0.1, -0.05) is 21.1 Å². The zero-order chi connectivity index (χ0) is 15.0. The van der Waals surface area contributed by atoms with Crippen molar-refractivity contribution in [2.75, 3.05) is 6.54 Å². The Kier molecular flexibility index (Phi) is 3.90. The maximum absolute atomic E-state index is 12.8. The molecule has 3 rings (SSSR count). The van der Waals surface area contributed by atoms with E-state index in [2.05, 4.69) is 21.1 Å². The van der Waals surface area contributed by atoms with Gasteiger partial charge in [-0.2, -0.15) is 4.31 Å². The van der Waals surface area contributed by atoms with Crippen LogP contribution in [0.2, 0.25) is 0 Å². The van der Waals surface area contributed by atoms with Gasteiger partial charge in [-0.3, -0.25) is 0 Å². The fourth-order valence-electron chi connectivity index (χ4n) is 2.59. The average Bonchev–Trinajstić information content (AvgIpc) is 3.07. The van der Waals surface area contributed by atoms with E-state index in [1.54, 1.807) is 30.3 Å². The molecule has 21 heavy (non-hydrogen) atoms. The largest absolute Gasteiger partial charge is 0.359 e. The van der Waals surface area contributed by atoms with Crippen molar-refractivity contribution < 1.29 is 12.9 Å². The van der Waals surface area contributed by atoms with E-state index in [4.69, 9.17) is 4.52 Å². The van der Waals surface area contributed by atoms with Crippen LogP contribution in [-0.4, -0.2) is 24.4 Å². The molecule has 5 nitrogen and oxygen atoms in total. The first-order chi connectivity index (χ1) is 9.98. The minimum Gasteiger partial charge on any atom is -0.359 e. The van der Waals surface area contributed by atoms with E-state index in [-0.39, 0.29) is 6.04 Å². The molecule has 0 saturated carbocycles. The zero-order valence-electron chi connectivity index (χ0n) is 11.5. The van der Waals surface area contributed by atoms with E-state index in [1.165, 1.54) is 4.31 Å². The van der Waals surface area contributed by atoms with Crippen LogP contribution in [0.3, 0.4) is 0 Å². The quantitative estimate of drug-likeness (QED) is 0.831. The third-order valence-electron chi connectivity index (χ3n) is 3.60. The topological polar surface area (TPSA) is 63.4 Å². The van der Waals surface area contributed by atoms with Crippen LogP contribution in [0.5, 0.6) is 0 Å². The molecule has 1 aromatic heterocycles. The van der Waals surface area contributed by atoms with E-state index >= 15 is 0 Å². The minimum atomic E-state index is -3.52. The Morgan fingerprint density at radius 1 is 1.33 bits per heavy atom. The van der Waals surface area contributed by atoms with E-state index in [1.807, 2.05) is 6.92 Å². The lowest BCUT2D eigenvalue weighted by Gasteiger charge is -2.22. The van der Waals surface area contributed by atoms with Gasteiger partial charge in [-0.05, 0) is 44.0 Å². The highest BCUT2D eigenvalue weighted by Crippen LogP contribution is 2.36. The van der Waals surface area contributed by atoms with E-state index in [0.29, 0.717) is 17.2 Å². The summed E-state index contributed by atoms with van der Waals surface area (Å²) >= 11 is 3.32. The van der Waals surface area contributed by atoms with Crippen LogP contribution in [0.1, 0.15) is 30.3 Å². The number of sulfonamides is 1. The highest BCUT2D eigenvalue weighted by Gasteiger charge is 2.38. The van der Waals surface area contributed by atoms with Crippen molar-refractivity contribution in [2.45, 2.75) is 30.7 Å². The molecule has 112 valence electrons. The highest BCUT2D eigenvalue weighted by atomic mass is 79.9. The Hall–Kier alpha value is -1.18. The molecule has 0 spiro atoms. The van der Waals surface area contributed by atoms with Crippen LogP contribution < -0.4 is 0 Å².